The Hall–Kier alpha value is -2.28. The number of guanidine groups is 1. The second-order valence-corrected chi connectivity index (χ2v) is 8.12. The molecular formula is C20H29N5OS. The fourth-order valence-corrected chi connectivity index (χ4v) is 4.22. The van der Waals surface area contributed by atoms with E-state index >= 15 is 0 Å². The number of thiazole rings is 1. The molecule has 1 atom stereocenters. The van der Waals surface area contributed by atoms with E-state index in [2.05, 4.69) is 51.5 Å². The minimum Gasteiger partial charge on any atom is -0.495 e. The Morgan fingerprint density at radius 3 is 2.85 bits per heavy atom. The van der Waals surface area contributed by atoms with Crippen molar-refractivity contribution < 1.29 is 4.74 Å². The van der Waals surface area contributed by atoms with Crippen molar-refractivity contribution in [2.75, 3.05) is 38.7 Å². The first-order chi connectivity index (χ1) is 13.1. The summed E-state index contributed by atoms with van der Waals surface area (Å²) in [6.45, 7) is 7.84. The van der Waals surface area contributed by atoms with Gasteiger partial charge in [-0.05, 0) is 38.3 Å². The molecule has 0 amide bonds. The van der Waals surface area contributed by atoms with Gasteiger partial charge in [-0.1, -0.05) is 12.1 Å². The molecule has 0 spiro atoms. The molecule has 1 aliphatic rings. The molecule has 0 bridgehead atoms. The van der Waals surface area contributed by atoms with Crippen LogP contribution >= 0.6 is 11.3 Å². The summed E-state index contributed by atoms with van der Waals surface area (Å²) in [5.74, 6) is 2.35. The number of nitrogens with zero attached hydrogens (tertiary/aromatic N) is 3. The van der Waals surface area contributed by atoms with Crippen molar-refractivity contribution in [2.24, 2.45) is 10.9 Å². The predicted octanol–water partition coefficient (Wildman–Crippen LogP) is 2.96. The Morgan fingerprint density at radius 1 is 1.33 bits per heavy atom. The first-order valence-corrected chi connectivity index (χ1v) is 10.2. The topological polar surface area (TPSA) is 61.8 Å². The molecule has 6 nitrogen and oxygen atoms in total. The molecule has 1 aromatic carbocycles. The molecule has 1 aliphatic heterocycles. The first-order valence-electron chi connectivity index (χ1n) is 9.36. The molecule has 2 heterocycles. The normalized spacial score (nSPS) is 17.3. The van der Waals surface area contributed by atoms with Crippen molar-refractivity contribution in [1.29, 1.82) is 0 Å². The number of nitrogens with one attached hydrogen (secondary N) is 2. The molecular weight excluding hydrogens is 358 g/mol. The summed E-state index contributed by atoms with van der Waals surface area (Å²) in [6, 6.07) is 8.23. The smallest absolute Gasteiger partial charge is 0.191 e. The minimum absolute atomic E-state index is 0.581. The largest absolute Gasteiger partial charge is 0.495 e. The zero-order valence-corrected chi connectivity index (χ0v) is 17.4. The summed E-state index contributed by atoms with van der Waals surface area (Å²) >= 11 is 1.74. The fourth-order valence-electron chi connectivity index (χ4n) is 3.34. The summed E-state index contributed by atoms with van der Waals surface area (Å²) in [7, 11) is 3.54. The van der Waals surface area contributed by atoms with Gasteiger partial charge in [0.15, 0.2) is 5.96 Å². The van der Waals surface area contributed by atoms with E-state index in [0.717, 1.165) is 48.5 Å². The molecule has 1 aromatic heterocycles. The second-order valence-electron chi connectivity index (χ2n) is 6.83. The highest BCUT2D eigenvalue weighted by molar-refractivity contribution is 7.11. The zero-order valence-electron chi connectivity index (χ0n) is 16.6. The summed E-state index contributed by atoms with van der Waals surface area (Å²) < 4.78 is 5.50. The molecule has 27 heavy (non-hydrogen) atoms. The monoisotopic (exact) mass is 387 g/mol. The molecule has 3 rings (SSSR count). The second kappa shape index (κ2) is 9.08. The third-order valence-electron chi connectivity index (χ3n) is 4.97. The van der Waals surface area contributed by atoms with Crippen molar-refractivity contribution in [3.05, 3.63) is 39.8 Å². The van der Waals surface area contributed by atoms with Gasteiger partial charge in [-0.2, -0.15) is 0 Å². The standard InChI is InChI=1S/C20H29N5OS/c1-14-15(2)27-19(24-14)12-23-20(21-3)22-11-16-9-10-25(13-16)17-7-5-6-8-18(17)26-4/h5-8,16H,9-13H2,1-4H3,(H2,21,22,23). The fraction of sp³-hybridized carbons (Fsp3) is 0.500. The number of anilines is 1. The highest BCUT2D eigenvalue weighted by Crippen LogP contribution is 2.31. The number of ether oxygens (including phenoxy) is 1. The maximum atomic E-state index is 5.50. The van der Waals surface area contributed by atoms with Crippen LogP contribution in [0.25, 0.3) is 0 Å². The van der Waals surface area contributed by atoms with Crippen LogP contribution in [0.2, 0.25) is 0 Å². The van der Waals surface area contributed by atoms with Gasteiger partial charge in [0, 0.05) is 31.6 Å². The molecule has 146 valence electrons. The Labute approximate surface area is 165 Å². The lowest BCUT2D eigenvalue weighted by Crippen LogP contribution is -2.39. The number of aryl methyl sites for hydroxylation is 2. The highest BCUT2D eigenvalue weighted by Gasteiger charge is 2.24. The van der Waals surface area contributed by atoms with Crippen LogP contribution in [-0.2, 0) is 6.54 Å². The van der Waals surface area contributed by atoms with E-state index in [0.29, 0.717) is 12.5 Å². The molecule has 0 saturated carbocycles. The maximum absolute atomic E-state index is 5.50. The number of para-hydroxylation sites is 2. The van der Waals surface area contributed by atoms with Crippen molar-refractivity contribution in [1.82, 2.24) is 15.6 Å². The Bertz CT molecular complexity index is 769. The molecule has 7 heteroatoms. The number of hydrogen-bond donors (Lipinski definition) is 2. The molecule has 1 unspecified atom stereocenters. The van der Waals surface area contributed by atoms with Gasteiger partial charge in [0.05, 0.1) is 25.0 Å². The Morgan fingerprint density at radius 2 is 2.15 bits per heavy atom. The van der Waals surface area contributed by atoms with Gasteiger partial charge in [-0.25, -0.2) is 4.98 Å². The summed E-state index contributed by atoms with van der Waals surface area (Å²) in [6.07, 6.45) is 1.16. The first kappa shape index (κ1) is 19.5. The Balaban J connectivity index is 1.48. The van der Waals surface area contributed by atoms with E-state index < -0.39 is 0 Å². The van der Waals surface area contributed by atoms with Crippen LogP contribution in [0.5, 0.6) is 5.75 Å². The van der Waals surface area contributed by atoms with Crippen molar-refractivity contribution in [2.45, 2.75) is 26.8 Å². The van der Waals surface area contributed by atoms with E-state index in [1.807, 2.05) is 19.2 Å². The van der Waals surface area contributed by atoms with E-state index in [9.17, 15) is 0 Å². The minimum atomic E-state index is 0.581. The van der Waals surface area contributed by atoms with Crippen LogP contribution in [0.3, 0.4) is 0 Å². The average Bonchev–Trinajstić information content (AvgIpc) is 3.28. The van der Waals surface area contributed by atoms with Crippen LogP contribution in [0.1, 0.15) is 22.0 Å². The van der Waals surface area contributed by atoms with Crippen LogP contribution in [-0.4, -0.2) is 44.7 Å². The van der Waals surface area contributed by atoms with Gasteiger partial charge in [0.1, 0.15) is 10.8 Å². The maximum Gasteiger partial charge on any atom is 0.191 e. The van der Waals surface area contributed by atoms with Gasteiger partial charge in [-0.3, -0.25) is 4.99 Å². The van der Waals surface area contributed by atoms with Gasteiger partial charge >= 0.3 is 0 Å². The summed E-state index contributed by atoms with van der Waals surface area (Å²) in [4.78, 5) is 12.6. The number of methoxy groups -OCH3 is 1. The number of aliphatic imine (C=N–C) groups is 1. The van der Waals surface area contributed by atoms with Crippen LogP contribution < -0.4 is 20.3 Å². The SMILES string of the molecule is CN=C(NCc1nc(C)c(C)s1)NCC1CCN(c2ccccc2OC)C1. The summed E-state index contributed by atoms with van der Waals surface area (Å²) in [5, 5.41) is 7.92. The van der Waals surface area contributed by atoms with E-state index in [1.165, 1.54) is 10.6 Å². The van der Waals surface area contributed by atoms with Crippen LogP contribution in [0.15, 0.2) is 29.3 Å². The van der Waals surface area contributed by atoms with E-state index in [4.69, 9.17) is 4.74 Å². The predicted molar refractivity (Wildman–Crippen MR) is 113 cm³/mol. The van der Waals surface area contributed by atoms with Crippen LogP contribution in [0.4, 0.5) is 5.69 Å². The summed E-state index contributed by atoms with van der Waals surface area (Å²) in [5.41, 5.74) is 2.29. The lowest BCUT2D eigenvalue weighted by atomic mass is 10.1. The van der Waals surface area contributed by atoms with Crippen LogP contribution in [0, 0.1) is 19.8 Å². The number of aromatic nitrogens is 1. The molecule has 1 saturated heterocycles. The lowest BCUT2D eigenvalue weighted by Gasteiger charge is -2.21. The van der Waals surface area contributed by atoms with Gasteiger partial charge in [-0.15, -0.1) is 11.3 Å². The number of rotatable bonds is 6. The number of hydrogen-bond acceptors (Lipinski definition) is 5. The van der Waals surface area contributed by atoms with E-state index in [1.54, 1.807) is 18.4 Å². The molecule has 0 aliphatic carbocycles. The number of benzene rings is 1. The quantitative estimate of drug-likeness (QED) is 0.589. The average molecular weight is 388 g/mol. The highest BCUT2D eigenvalue weighted by atomic mass is 32.1. The van der Waals surface area contributed by atoms with Gasteiger partial charge in [0.2, 0.25) is 0 Å². The van der Waals surface area contributed by atoms with Gasteiger partial charge in [0.25, 0.3) is 0 Å². The third kappa shape index (κ3) is 4.91. The molecule has 2 N–H and O–H groups in total. The van der Waals surface area contributed by atoms with Crippen molar-refractivity contribution in [3.8, 4) is 5.75 Å². The molecule has 0 radical (unpaired) electrons. The van der Waals surface area contributed by atoms with Gasteiger partial charge < -0.3 is 20.3 Å². The van der Waals surface area contributed by atoms with Crippen molar-refractivity contribution >= 4 is 23.0 Å². The zero-order chi connectivity index (χ0) is 19.2. The van der Waals surface area contributed by atoms with Crippen molar-refractivity contribution in [3.63, 3.8) is 0 Å². The molecule has 1 fully saturated rings. The lowest BCUT2D eigenvalue weighted by molar-refractivity contribution is 0.414. The van der Waals surface area contributed by atoms with E-state index in [-0.39, 0.29) is 0 Å². The molecule has 2 aromatic rings. The Kier molecular flexibility index (Phi) is 6.55. The third-order valence-corrected chi connectivity index (χ3v) is 6.05.